The molecule has 134 valence electrons. The van der Waals surface area contributed by atoms with Crippen molar-refractivity contribution in [2.75, 3.05) is 22.4 Å². The van der Waals surface area contributed by atoms with Crippen LogP contribution in [0.5, 0.6) is 0 Å². The Hall–Kier alpha value is -1.76. The first-order valence-corrected chi connectivity index (χ1v) is 9.97. The summed E-state index contributed by atoms with van der Waals surface area (Å²) >= 11 is 11.9. The molecule has 2 aromatic rings. The molecule has 1 amide bonds. The van der Waals surface area contributed by atoms with E-state index in [1.807, 2.05) is 32.0 Å². The standard InChI is InChI=1S/C17H18Cl2N2O3S/c1-11-4-5-12(2)16(6-11)20-17(22)10-21(25(3,23)24)15-8-13(18)7-14(19)9-15/h4-9H,10H2,1-3H3,(H,20,22). The van der Waals surface area contributed by atoms with Gasteiger partial charge in [-0.2, -0.15) is 0 Å². The smallest absolute Gasteiger partial charge is 0.245 e. The predicted octanol–water partition coefficient (Wildman–Crippen LogP) is 4.01. The molecule has 0 aromatic heterocycles. The number of rotatable bonds is 5. The average molecular weight is 401 g/mol. The molecule has 0 aliphatic heterocycles. The lowest BCUT2D eigenvalue weighted by Gasteiger charge is -2.22. The van der Waals surface area contributed by atoms with Crippen LogP contribution < -0.4 is 9.62 Å². The van der Waals surface area contributed by atoms with Crippen LogP contribution in [0.1, 0.15) is 11.1 Å². The van der Waals surface area contributed by atoms with Gasteiger partial charge in [-0.05, 0) is 49.2 Å². The summed E-state index contributed by atoms with van der Waals surface area (Å²) in [6, 6.07) is 10.0. The van der Waals surface area contributed by atoms with E-state index in [1.165, 1.54) is 18.2 Å². The monoisotopic (exact) mass is 400 g/mol. The molecular formula is C17H18Cl2N2O3S. The second-order valence-electron chi connectivity index (χ2n) is 5.76. The Morgan fingerprint density at radius 1 is 1.08 bits per heavy atom. The van der Waals surface area contributed by atoms with E-state index >= 15 is 0 Å². The molecule has 0 aliphatic carbocycles. The van der Waals surface area contributed by atoms with E-state index in [0.29, 0.717) is 5.69 Å². The van der Waals surface area contributed by atoms with E-state index in [-0.39, 0.29) is 22.3 Å². The maximum atomic E-state index is 12.4. The van der Waals surface area contributed by atoms with E-state index in [4.69, 9.17) is 23.2 Å². The number of anilines is 2. The number of aryl methyl sites for hydroxylation is 2. The molecule has 0 aliphatic rings. The van der Waals surface area contributed by atoms with Crippen molar-refractivity contribution < 1.29 is 13.2 Å². The molecule has 2 aromatic carbocycles. The van der Waals surface area contributed by atoms with Gasteiger partial charge in [-0.25, -0.2) is 8.42 Å². The van der Waals surface area contributed by atoms with Crippen LogP contribution in [0.15, 0.2) is 36.4 Å². The number of hydrogen-bond acceptors (Lipinski definition) is 3. The molecular weight excluding hydrogens is 383 g/mol. The van der Waals surface area contributed by atoms with Gasteiger partial charge in [-0.1, -0.05) is 35.3 Å². The van der Waals surface area contributed by atoms with Crippen LogP contribution in [0.4, 0.5) is 11.4 Å². The summed E-state index contributed by atoms with van der Waals surface area (Å²) in [6.45, 7) is 3.38. The summed E-state index contributed by atoms with van der Waals surface area (Å²) in [5.41, 5.74) is 2.75. The van der Waals surface area contributed by atoms with Crippen LogP contribution in [0.2, 0.25) is 10.0 Å². The second-order valence-corrected chi connectivity index (χ2v) is 8.54. The minimum absolute atomic E-state index is 0.233. The number of sulfonamides is 1. The van der Waals surface area contributed by atoms with Crippen LogP contribution >= 0.6 is 23.2 Å². The summed E-state index contributed by atoms with van der Waals surface area (Å²) in [4.78, 5) is 12.4. The van der Waals surface area contributed by atoms with Crippen molar-refractivity contribution in [3.05, 3.63) is 57.6 Å². The molecule has 1 N–H and O–H groups in total. The Bertz CT molecular complexity index is 894. The maximum Gasteiger partial charge on any atom is 0.245 e. The first-order valence-electron chi connectivity index (χ1n) is 7.37. The van der Waals surface area contributed by atoms with Crippen LogP contribution in [-0.4, -0.2) is 27.1 Å². The van der Waals surface area contributed by atoms with Gasteiger partial charge in [0.25, 0.3) is 0 Å². The molecule has 0 saturated carbocycles. The molecule has 0 atom stereocenters. The lowest BCUT2D eigenvalue weighted by Crippen LogP contribution is -2.37. The van der Waals surface area contributed by atoms with Gasteiger partial charge >= 0.3 is 0 Å². The van der Waals surface area contributed by atoms with Crippen molar-refractivity contribution in [2.45, 2.75) is 13.8 Å². The fourth-order valence-electron chi connectivity index (χ4n) is 2.27. The Kier molecular flexibility index (Phi) is 5.98. The molecule has 0 fully saturated rings. The van der Waals surface area contributed by atoms with E-state index < -0.39 is 15.9 Å². The highest BCUT2D eigenvalue weighted by Crippen LogP contribution is 2.27. The number of carbonyl (C=O) groups is 1. The van der Waals surface area contributed by atoms with Crippen molar-refractivity contribution in [2.24, 2.45) is 0 Å². The first-order chi connectivity index (χ1) is 11.6. The maximum absolute atomic E-state index is 12.4. The van der Waals surface area contributed by atoms with Crippen molar-refractivity contribution in [3.63, 3.8) is 0 Å². The highest BCUT2D eigenvalue weighted by atomic mass is 35.5. The fraction of sp³-hybridized carbons (Fsp3) is 0.235. The number of nitrogens with one attached hydrogen (secondary N) is 1. The van der Waals surface area contributed by atoms with Crippen molar-refractivity contribution in [1.82, 2.24) is 0 Å². The minimum atomic E-state index is -3.70. The van der Waals surface area contributed by atoms with Crippen molar-refractivity contribution in [1.29, 1.82) is 0 Å². The van der Waals surface area contributed by atoms with Gasteiger partial charge in [0, 0.05) is 15.7 Å². The summed E-state index contributed by atoms with van der Waals surface area (Å²) < 4.78 is 25.2. The van der Waals surface area contributed by atoms with Gasteiger partial charge in [0.2, 0.25) is 15.9 Å². The first kappa shape index (κ1) is 19.6. The lowest BCUT2D eigenvalue weighted by atomic mass is 10.1. The van der Waals surface area contributed by atoms with Gasteiger partial charge in [0.15, 0.2) is 0 Å². The summed E-state index contributed by atoms with van der Waals surface area (Å²) in [7, 11) is -3.70. The van der Waals surface area contributed by atoms with E-state index in [1.54, 1.807) is 0 Å². The molecule has 2 rings (SSSR count). The van der Waals surface area contributed by atoms with Gasteiger partial charge in [0.1, 0.15) is 6.54 Å². The third-order valence-electron chi connectivity index (χ3n) is 3.49. The molecule has 0 heterocycles. The molecule has 0 saturated heterocycles. The molecule has 0 radical (unpaired) electrons. The minimum Gasteiger partial charge on any atom is -0.324 e. The zero-order chi connectivity index (χ0) is 18.8. The third kappa shape index (κ3) is 5.36. The summed E-state index contributed by atoms with van der Waals surface area (Å²) in [5, 5.41) is 3.31. The largest absolute Gasteiger partial charge is 0.324 e. The van der Waals surface area contributed by atoms with Gasteiger partial charge in [-0.15, -0.1) is 0 Å². The van der Waals surface area contributed by atoms with Gasteiger partial charge < -0.3 is 5.32 Å². The number of amides is 1. The van der Waals surface area contributed by atoms with E-state index in [0.717, 1.165) is 21.7 Å². The van der Waals surface area contributed by atoms with E-state index in [9.17, 15) is 13.2 Å². The summed E-state index contributed by atoms with van der Waals surface area (Å²) in [5.74, 6) is -0.463. The molecule has 25 heavy (non-hydrogen) atoms. The average Bonchev–Trinajstić information content (AvgIpc) is 2.46. The van der Waals surface area contributed by atoms with Crippen LogP contribution in [0.3, 0.4) is 0 Å². The van der Waals surface area contributed by atoms with Crippen molar-refractivity contribution >= 4 is 50.5 Å². The summed E-state index contributed by atoms with van der Waals surface area (Å²) in [6.07, 6.45) is 1.02. The number of benzene rings is 2. The molecule has 0 bridgehead atoms. The zero-order valence-electron chi connectivity index (χ0n) is 14.0. The molecule has 8 heteroatoms. The van der Waals surface area contributed by atoms with Crippen LogP contribution in [-0.2, 0) is 14.8 Å². The Labute approximate surface area is 157 Å². The quantitative estimate of drug-likeness (QED) is 0.823. The molecule has 0 unspecified atom stereocenters. The third-order valence-corrected chi connectivity index (χ3v) is 5.07. The lowest BCUT2D eigenvalue weighted by molar-refractivity contribution is -0.114. The highest BCUT2D eigenvalue weighted by molar-refractivity contribution is 7.92. The van der Waals surface area contributed by atoms with Gasteiger partial charge in [-0.3, -0.25) is 9.10 Å². The zero-order valence-corrected chi connectivity index (χ0v) is 16.3. The topological polar surface area (TPSA) is 66.5 Å². The van der Waals surface area contributed by atoms with Crippen LogP contribution in [0.25, 0.3) is 0 Å². The Morgan fingerprint density at radius 3 is 2.24 bits per heavy atom. The molecule has 5 nitrogen and oxygen atoms in total. The number of carbonyl (C=O) groups excluding carboxylic acids is 1. The van der Waals surface area contributed by atoms with E-state index in [2.05, 4.69) is 5.32 Å². The molecule has 0 spiro atoms. The number of nitrogens with zero attached hydrogens (tertiary/aromatic N) is 1. The normalized spacial score (nSPS) is 11.2. The van der Waals surface area contributed by atoms with Crippen molar-refractivity contribution in [3.8, 4) is 0 Å². The Morgan fingerprint density at radius 2 is 1.68 bits per heavy atom. The van der Waals surface area contributed by atoms with Gasteiger partial charge in [0.05, 0.1) is 11.9 Å². The number of hydrogen-bond donors (Lipinski definition) is 1. The SMILES string of the molecule is Cc1ccc(C)c(NC(=O)CN(c2cc(Cl)cc(Cl)c2)S(C)(=O)=O)c1. The fourth-order valence-corrected chi connectivity index (χ4v) is 3.63. The van der Waals surface area contributed by atoms with Crippen LogP contribution in [0, 0.1) is 13.8 Å². The Balaban J connectivity index is 2.28. The number of halogens is 2. The second kappa shape index (κ2) is 7.64. The predicted molar refractivity (Wildman–Crippen MR) is 103 cm³/mol. The highest BCUT2D eigenvalue weighted by Gasteiger charge is 2.22.